The minimum atomic E-state index is 1.22. The SMILES string of the molecule is Cc1ccc(C)c2c1CC/C2=C1\CCc2c(C)ccc(C)c21. The number of fused-ring (bicyclic) bond motifs is 2. The van der Waals surface area contributed by atoms with Gasteiger partial charge in [0.15, 0.2) is 0 Å². The molecule has 2 aromatic carbocycles. The lowest BCUT2D eigenvalue weighted by Gasteiger charge is -2.14. The lowest BCUT2D eigenvalue weighted by molar-refractivity contribution is 1.05. The molecule has 0 unspecified atom stereocenters. The Morgan fingerprint density at radius 3 is 1.27 bits per heavy atom. The molecule has 0 amide bonds. The summed E-state index contributed by atoms with van der Waals surface area (Å²) in [5.41, 5.74) is 15.5. The number of benzene rings is 2. The number of hydrogen-bond donors (Lipinski definition) is 0. The van der Waals surface area contributed by atoms with Crippen molar-refractivity contribution in [2.24, 2.45) is 0 Å². The van der Waals surface area contributed by atoms with E-state index >= 15 is 0 Å². The minimum Gasteiger partial charge on any atom is -0.0587 e. The third kappa shape index (κ3) is 1.83. The summed E-state index contributed by atoms with van der Waals surface area (Å²) < 4.78 is 0. The molecule has 0 saturated carbocycles. The average Bonchev–Trinajstić information content (AvgIpc) is 3.11. The van der Waals surface area contributed by atoms with Gasteiger partial charge in [-0.15, -0.1) is 0 Å². The Morgan fingerprint density at radius 2 is 0.864 bits per heavy atom. The molecule has 22 heavy (non-hydrogen) atoms. The number of hydrogen-bond acceptors (Lipinski definition) is 0. The first-order valence-corrected chi connectivity index (χ1v) is 8.49. The Morgan fingerprint density at radius 1 is 0.500 bits per heavy atom. The molecule has 0 aromatic heterocycles. The highest BCUT2D eigenvalue weighted by molar-refractivity contribution is 5.97. The van der Waals surface area contributed by atoms with E-state index in [1.165, 1.54) is 47.9 Å². The molecule has 2 aliphatic rings. The topological polar surface area (TPSA) is 0 Å². The highest BCUT2D eigenvalue weighted by Crippen LogP contribution is 2.47. The van der Waals surface area contributed by atoms with E-state index in [4.69, 9.17) is 0 Å². The van der Waals surface area contributed by atoms with Crippen molar-refractivity contribution in [1.29, 1.82) is 0 Å². The summed E-state index contributed by atoms with van der Waals surface area (Å²) in [5.74, 6) is 0. The second-order valence-corrected chi connectivity index (χ2v) is 7.06. The molecule has 0 bridgehead atoms. The summed E-state index contributed by atoms with van der Waals surface area (Å²) in [4.78, 5) is 0. The van der Waals surface area contributed by atoms with E-state index in [9.17, 15) is 0 Å². The second kappa shape index (κ2) is 4.84. The normalized spacial score (nSPS) is 19.5. The van der Waals surface area contributed by atoms with Gasteiger partial charge in [0, 0.05) is 0 Å². The van der Waals surface area contributed by atoms with Crippen LogP contribution in [0.25, 0.3) is 11.1 Å². The summed E-state index contributed by atoms with van der Waals surface area (Å²) in [6.07, 6.45) is 4.90. The zero-order valence-electron chi connectivity index (χ0n) is 14.1. The molecular formula is C22H24. The standard InChI is InChI=1S/C22H24/c1-13-5-7-15(3)21-17(13)9-11-19(21)20-12-10-18-14(2)6-8-16(4)22(18)20/h5-8H,9-12H2,1-4H3/b20-19-. The predicted molar refractivity (Wildman–Crippen MR) is 95.3 cm³/mol. The van der Waals surface area contributed by atoms with Crippen LogP contribution in [0.5, 0.6) is 0 Å². The minimum absolute atomic E-state index is 1.22. The Hall–Kier alpha value is -1.82. The third-order valence-corrected chi connectivity index (χ3v) is 5.73. The molecule has 0 heterocycles. The van der Waals surface area contributed by atoms with Gasteiger partial charge in [0.2, 0.25) is 0 Å². The van der Waals surface area contributed by atoms with E-state index in [2.05, 4.69) is 52.0 Å². The molecule has 0 spiro atoms. The predicted octanol–water partition coefficient (Wildman–Crippen LogP) is 5.72. The van der Waals surface area contributed by atoms with E-state index in [0.29, 0.717) is 0 Å². The first-order valence-electron chi connectivity index (χ1n) is 8.49. The first kappa shape index (κ1) is 13.8. The van der Waals surface area contributed by atoms with E-state index in [1.807, 2.05) is 0 Å². The Labute approximate surface area is 133 Å². The molecule has 2 aliphatic carbocycles. The molecule has 112 valence electrons. The first-order chi connectivity index (χ1) is 10.6. The van der Waals surface area contributed by atoms with E-state index < -0.39 is 0 Å². The van der Waals surface area contributed by atoms with E-state index in [-0.39, 0.29) is 0 Å². The Kier molecular flexibility index (Phi) is 3.04. The molecule has 0 aliphatic heterocycles. The lowest BCUT2D eigenvalue weighted by atomic mass is 9.90. The van der Waals surface area contributed by atoms with Crippen LogP contribution in [0.2, 0.25) is 0 Å². The highest BCUT2D eigenvalue weighted by Gasteiger charge is 2.28. The molecule has 4 rings (SSSR count). The van der Waals surface area contributed by atoms with Crippen LogP contribution < -0.4 is 0 Å². The van der Waals surface area contributed by atoms with Crippen molar-refractivity contribution in [3.63, 3.8) is 0 Å². The van der Waals surface area contributed by atoms with Crippen molar-refractivity contribution in [1.82, 2.24) is 0 Å². The zero-order valence-corrected chi connectivity index (χ0v) is 14.1. The van der Waals surface area contributed by atoms with E-state index in [1.54, 1.807) is 33.4 Å². The van der Waals surface area contributed by atoms with Crippen molar-refractivity contribution in [2.45, 2.75) is 53.4 Å². The summed E-state index contributed by atoms with van der Waals surface area (Å²) in [6.45, 7) is 9.10. The van der Waals surface area contributed by atoms with Gasteiger partial charge < -0.3 is 0 Å². The van der Waals surface area contributed by atoms with Gasteiger partial charge in [-0.3, -0.25) is 0 Å². The van der Waals surface area contributed by atoms with Crippen LogP contribution in [-0.2, 0) is 12.8 Å². The van der Waals surface area contributed by atoms with Gasteiger partial charge >= 0.3 is 0 Å². The maximum Gasteiger partial charge on any atom is -0.0157 e. The molecule has 0 heteroatoms. The maximum atomic E-state index is 2.30. The average molecular weight is 288 g/mol. The molecule has 0 fully saturated rings. The monoisotopic (exact) mass is 288 g/mol. The van der Waals surface area contributed by atoms with Gasteiger partial charge in [-0.05, 0) is 109 Å². The molecule has 0 nitrogen and oxygen atoms in total. The third-order valence-electron chi connectivity index (χ3n) is 5.73. The lowest BCUT2D eigenvalue weighted by Crippen LogP contribution is -1.94. The Balaban J connectivity index is 2.00. The zero-order chi connectivity index (χ0) is 15.4. The van der Waals surface area contributed by atoms with E-state index in [0.717, 1.165) is 0 Å². The van der Waals surface area contributed by atoms with Gasteiger partial charge in [-0.1, -0.05) is 24.3 Å². The highest BCUT2D eigenvalue weighted by atomic mass is 14.3. The summed E-state index contributed by atoms with van der Waals surface area (Å²) in [6, 6.07) is 9.19. The largest absolute Gasteiger partial charge is 0.0587 e. The fourth-order valence-electron chi connectivity index (χ4n) is 4.58. The van der Waals surface area contributed by atoms with Crippen molar-refractivity contribution in [2.75, 3.05) is 0 Å². The maximum absolute atomic E-state index is 2.30. The number of allylic oxidation sites excluding steroid dienone is 2. The number of rotatable bonds is 0. The quantitative estimate of drug-likeness (QED) is 0.581. The summed E-state index contributed by atoms with van der Waals surface area (Å²) in [7, 11) is 0. The van der Waals surface area contributed by atoms with Crippen LogP contribution in [0.1, 0.15) is 57.3 Å². The summed E-state index contributed by atoms with van der Waals surface area (Å²) >= 11 is 0. The van der Waals surface area contributed by atoms with Crippen LogP contribution in [-0.4, -0.2) is 0 Å². The molecule has 2 aromatic rings. The summed E-state index contributed by atoms with van der Waals surface area (Å²) in [5, 5.41) is 0. The van der Waals surface area contributed by atoms with Crippen molar-refractivity contribution < 1.29 is 0 Å². The second-order valence-electron chi connectivity index (χ2n) is 7.06. The fraction of sp³-hybridized carbons (Fsp3) is 0.364. The van der Waals surface area contributed by atoms with Crippen molar-refractivity contribution >= 4 is 11.1 Å². The molecule has 0 N–H and O–H groups in total. The van der Waals surface area contributed by atoms with Gasteiger partial charge in [0.05, 0.1) is 0 Å². The van der Waals surface area contributed by atoms with Gasteiger partial charge in [-0.2, -0.15) is 0 Å². The van der Waals surface area contributed by atoms with Gasteiger partial charge in [0.25, 0.3) is 0 Å². The number of aryl methyl sites for hydroxylation is 4. The molecule has 0 atom stereocenters. The van der Waals surface area contributed by atoms with Crippen LogP contribution in [0.4, 0.5) is 0 Å². The van der Waals surface area contributed by atoms with Crippen LogP contribution in [0, 0.1) is 27.7 Å². The molecule has 0 saturated heterocycles. The van der Waals surface area contributed by atoms with Crippen LogP contribution in [0.15, 0.2) is 24.3 Å². The smallest absolute Gasteiger partial charge is 0.0157 e. The van der Waals surface area contributed by atoms with Crippen molar-refractivity contribution in [3.8, 4) is 0 Å². The fourth-order valence-corrected chi connectivity index (χ4v) is 4.58. The van der Waals surface area contributed by atoms with Crippen molar-refractivity contribution in [3.05, 3.63) is 68.8 Å². The van der Waals surface area contributed by atoms with Gasteiger partial charge in [-0.25, -0.2) is 0 Å². The molecule has 0 radical (unpaired) electrons. The Bertz CT molecular complexity index is 749. The molecular weight excluding hydrogens is 264 g/mol. The van der Waals surface area contributed by atoms with Crippen LogP contribution >= 0.6 is 0 Å². The van der Waals surface area contributed by atoms with Crippen LogP contribution in [0.3, 0.4) is 0 Å². The van der Waals surface area contributed by atoms with Gasteiger partial charge in [0.1, 0.15) is 0 Å².